The lowest BCUT2D eigenvalue weighted by atomic mass is 9.97. The van der Waals surface area contributed by atoms with Gasteiger partial charge in [-0.3, -0.25) is 0 Å². The molecule has 0 amide bonds. The molecule has 2 N–H and O–H groups in total. The smallest absolute Gasteiger partial charge is 0.195 e. The van der Waals surface area contributed by atoms with E-state index in [2.05, 4.69) is 30.8 Å². The van der Waals surface area contributed by atoms with Crippen LogP contribution in [0, 0.1) is 0 Å². The van der Waals surface area contributed by atoms with E-state index in [4.69, 9.17) is 19.4 Å². The van der Waals surface area contributed by atoms with Crippen LogP contribution in [0.15, 0.2) is 35.4 Å². The van der Waals surface area contributed by atoms with Gasteiger partial charge in [-0.2, -0.15) is 0 Å². The van der Waals surface area contributed by atoms with Gasteiger partial charge in [-0.25, -0.2) is 0 Å². The molecule has 1 aliphatic rings. The summed E-state index contributed by atoms with van der Waals surface area (Å²) in [5.41, 5.74) is 9.91. The van der Waals surface area contributed by atoms with Crippen molar-refractivity contribution in [2.45, 2.75) is 76.2 Å². The molecule has 2 rings (SSSR count). The van der Waals surface area contributed by atoms with Crippen LogP contribution in [0.1, 0.15) is 26.3 Å². The third kappa shape index (κ3) is 5.33. The average molecular weight is 410 g/mol. The SMILES string of the molecule is CC(C)(C)[Si](C)(C)O[C@H]1O[C@H](CO)[C@@H](OCc2ccccc2)[C@H](O)[C@@H]1N=[N+]=[N-]. The molecule has 9 heteroatoms. The van der Waals surface area contributed by atoms with Crippen LogP contribution in [-0.2, 0) is 20.5 Å². The zero-order valence-corrected chi connectivity index (χ0v) is 18.1. The molecule has 0 spiro atoms. The van der Waals surface area contributed by atoms with Gasteiger partial charge in [0.25, 0.3) is 0 Å². The van der Waals surface area contributed by atoms with E-state index in [1.165, 1.54) is 0 Å². The molecular weight excluding hydrogens is 378 g/mol. The molecule has 0 unspecified atom stereocenters. The summed E-state index contributed by atoms with van der Waals surface area (Å²) in [6.07, 6.45) is -3.75. The van der Waals surface area contributed by atoms with Gasteiger partial charge in [0.1, 0.15) is 18.2 Å². The van der Waals surface area contributed by atoms with Gasteiger partial charge in [0, 0.05) is 4.91 Å². The Morgan fingerprint density at radius 3 is 2.43 bits per heavy atom. The summed E-state index contributed by atoms with van der Waals surface area (Å²) in [5.74, 6) is 0. The number of azide groups is 1. The molecule has 0 bridgehead atoms. The van der Waals surface area contributed by atoms with Gasteiger partial charge in [0.15, 0.2) is 14.6 Å². The van der Waals surface area contributed by atoms with E-state index < -0.39 is 39.0 Å². The van der Waals surface area contributed by atoms with Crippen LogP contribution in [0.4, 0.5) is 0 Å². The first-order valence-electron chi connectivity index (χ1n) is 9.42. The molecule has 0 radical (unpaired) electrons. The van der Waals surface area contributed by atoms with Crippen molar-refractivity contribution in [3.8, 4) is 0 Å². The zero-order chi connectivity index (χ0) is 20.9. The van der Waals surface area contributed by atoms with Gasteiger partial charge >= 0.3 is 0 Å². The summed E-state index contributed by atoms with van der Waals surface area (Å²) in [7, 11) is -2.27. The Morgan fingerprint density at radius 2 is 1.89 bits per heavy atom. The Balaban J connectivity index is 2.20. The minimum absolute atomic E-state index is 0.0996. The number of nitrogens with zero attached hydrogens (tertiary/aromatic N) is 3. The maximum atomic E-state index is 10.9. The maximum absolute atomic E-state index is 10.9. The van der Waals surface area contributed by atoms with E-state index in [1.807, 2.05) is 43.4 Å². The molecule has 1 aliphatic heterocycles. The normalized spacial score (nSPS) is 28.6. The largest absolute Gasteiger partial charge is 0.394 e. The van der Waals surface area contributed by atoms with Crippen LogP contribution in [0.2, 0.25) is 18.1 Å². The Kier molecular flexibility index (Phi) is 7.63. The quantitative estimate of drug-likeness (QED) is 0.310. The number of hydrogen-bond acceptors (Lipinski definition) is 6. The monoisotopic (exact) mass is 409 g/mol. The van der Waals surface area contributed by atoms with Crippen molar-refractivity contribution >= 4 is 8.32 Å². The molecule has 0 aromatic heterocycles. The predicted molar refractivity (Wildman–Crippen MR) is 108 cm³/mol. The van der Waals surface area contributed by atoms with Crippen LogP contribution in [0.3, 0.4) is 0 Å². The third-order valence-electron chi connectivity index (χ3n) is 5.51. The van der Waals surface area contributed by atoms with Crippen LogP contribution in [-0.4, -0.2) is 55.8 Å². The van der Waals surface area contributed by atoms with Crippen molar-refractivity contribution in [2.75, 3.05) is 6.61 Å². The fourth-order valence-corrected chi connectivity index (χ4v) is 3.90. The summed E-state index contributed by atoms with van der Waals surface area (Å²) in [4.78, 5) is 2.86. The minimum Gasteiger partial charge on any atom is -0.394 e. The fraction of sp³-hybridized carbons (Fsp3) is 0.684. The average Bonchev–Trinajstić information content (AvgIpc) is 2.63. The highest BCUT2D eigenvalue weighted by Crippen LogP contribution is 2.39. The summed E-state index contributed by atoms with van der Waals surface area (Å²) >= 11 is 0. The second-order valence-electron chi connectivity index (χ2n) is 8.55. The molecule has 1 aromatic carbocycles. The first kappa shape index (κ1) is 22.8. The Hall–Kier alpha value is -1.45. The van der Waals surface area contributed by atoms with Gasteiger partial charge in [-0.1, -0.05) is 56.2 Å². The lowest BCUT2D eigenvalue weighted by molar-refractivity contribution is -0.255. The number of ether oxygens (including phenoxy) is 2. The first-order chi connectivity index (χ1) is 13.1. The van der Waals surface area contributed by atoms with Crippen molar-refractivity contribution < 1.29 is 24.1 Å². The van der Waals surface area contributed by atoms with Crippen LogP contribution >= 0.6 is 0 Å². The fourth-order valence-electron chi connectivity index (χ4n) is 2.77. The summed E-state index contributed by atoms with van der Waals surface area (Å²) in [6, 6.07) is 8.52. The topological polar surface area (TPSA) is 117 Å². The van der Waals surface area contributed by atoms with Gasteiger partial charge in [0.2, 0.25) is 0 Å². The van der Waals surface area contributed by atoms with E-state index in [1.54, 1.807) is 0 Å². The van der Waals surface area contributed by atoms with Gasteiger partial charge in [-0.15, -0.1) is 0 Å². The molecule has 1 heterocycles. The van der Waals surface area contributed by atoms with Gasteiger partial charge in [0.05, 0.1) is 19.3 Å². The third-order valence-corrected chi connectivity index (χ3v) is 9.94. The molecule has 156 valence electrons. The molecule has 1 aromatic rings. The predicted octanol–water partition coefficient (Wildman–Crippen LogP) is 3.35. The van der Waals surface area contributed by atoms with E-state index in [-0.39, 0.29) is 18.3 Å². The lowest BCUT2D eigenvalue weighted by Crippen LogP contribution is -2.61. The highest BCUT2D eigenvalue weighted by atomic mass is 28.4. The zero-order valence-electron chi connectivity index (χ0n) is 17.1. The van der Waals surface area contributed by atoms with Crippen LogP contribution in [0.5, 0.6) is 0 Å². The highest BCUT2D eigenvalue weighted by molar-refractivity contribution is 6.74. The van der Waals surface area contributed by atoms with E-state index in [9.17, 15) is 10.2 Å². The summed E-state index contributed by atoms with van der Waals surface area (Å²) in [6.45, 7) is 10.2. The second kappa shape index (κ2) is 9.36. The molecule has 1 saturated heterocycles. The maximum Gasteiger partial charge on any atom is 0.195 e. The van der Waals surface area contributed by atoms with Crippen LogP contribution < -0.4 is 0 Å². The standard InChI is InChI=1S/C19H31N3O5Si/c1-19(2,3)28(4,5)27-18-15(21-22-20)16(24)17(14(11-23)26-18)25-12-13-9-7-6-8-10-13/h6-10,14-18,23-24H,11-12H2,1-5H3/t14-,15+,16-,17-,18-/m1/s1. The van der Waals surface area contributed by atoms with E-state index >= 15 is 0 Å². The number of benzene rings is 1. The number of rotatable bonds is 7. The van der Waals surface area contributed by atoms with Crippen molar-refractivity contribution in [1.82, 2.24) is 0 Å². The summed E-state index contributed by atoms with van der Waals surface area (Å²) in [5, 5.41) is 24.3. The van der Waals surface area contributed by atoms with Crippen molar-refractivity contribution in [1.29, 1.82) is 0 Å². The minimum atomic E-state index is -2.27. The Labute approximate surface area is 167 Å². The number of aliphatic hydroxyl groups excluding tert-OH is 2. The van der Waals surface area contributed by atoms with E-state index in [0.717, 1.165) is 5.56 Å². The summed E-state index contributed by atoms with van der Waals surface area (Å²) < 4.78 is 18.0. The lowest BCUT2D eigenvalue weighted by Gasteiger charge is -2.46. The van der Waals surface area contributed by atoms with Crippen LogP contribution in [0.25, 0.3) is 10.4 Å². The van der Waals surface area contributed by atoms with Gasteiger partial charge in [-0.05, 0) is 29.2 Å². The molecule has 5 atom stereocenters. The van der Waals surface area contributed by atoms with Crippen molar-refractivity contribution in [2.24, 2.45) is 5.11 Å². The molecular formula is C19H31N3O5Si. The first-order valence-corrected chi connectivity index (χ1v) is 12.3. The molecule has 1 fully saturated rings. The molecule has 0 aliphatic carbocycles. The molecule has 8 nitrogen and oxygen atoms in total. The highest BCUT2D eigenvalue weighted by Gasteiger charge is 2.49. The number of aliphatic hydroxyl groups is 2. The van der Waals surface area contributed by atoms with E-state index in [0.29, 0.717) is 0 Å². The second-order valence-corrected chi connectivity index (χ2v) is 13.3. The molecule has 0 saturated carbocycles. The molecule has 28 heavy (non-hydrogen) atoms. The van der Waals surface area contributed by atoms with Crippen molar-refractivity contribution in [3.05, 3.63) is 46.3 Å². The number of hydrogen-bond donors (Lipinski definition) is 2. The Morgan fingerprint density at radius 1 is 1.25 bits per heavy atom. The Bertz CT molecular complexity index is 676. The van der Waals surface area contributed by atoms with Gasteiger partial charge < -0.3 is 24.1 Å². The van der Waals surface area contributed by atoms with Crippen molar-refractivity contribution in [3.63, 3.8) is 0 Å².